The smallest absolute Gasteiger partial charge is 0.241 e. The molecule has 102 valence electrons. The number of piperazine rings is 1. The number of amides is 1. The van der Waals surface area contributed by atoms with E-state index in [2.05, 4.69) is 15.1 Å². The molecule has 18 heavy (non-hydrogen) atoms. The number of nitrogens with one attached hydrogen (secondary N) is 1. The summed E-state index contributed by atoms with van der Waals surface area (Å²) in [5.74, 6) is -0.356. The Balaban J connectivity index is 1.69. The number of primary amides is 1. The van der Waals surface area contributed by atoms with Crippen LogP contribution in [0.5, 0.6) is 0 Å². The predicted octanol–water partition coefficient (Wildman–Crippen LogP) is -0.602. The predicted molar refractivity (Wildman–Crippen MR) is 72.2 cm³/mol. The lowest BCUT2D eigenvalue weighted by molar-refractivity contribution is -0.113. The Hall–Kier alpha value is -0.910. The lowest BCUT2D eigenvalue weighted by Crippen LogP contribution is -2.51. The minimum Gasteiger partial charge on any atom is -0.366 e. The Kier molecular flexibility index (Phi) is 5.16. The molecule has 2 heterocycles. The molecule has 2 saturated heterocycles. The van der Waals surface area contributed by atoms with Crippen molar-refractivity contribution in [2.24, 2.45) is 5.73 Å². The molecular weight excluding hydrogens is 228 g/mol. The van der Waals surface area contributed by atoms with E-state index in [1.54, 1.807) is 0 Å². The van der Waals surface area contributed by atoms with Gasteiger partial charge in [-0.25, -0.2) is 0 Å². The summed E-state index contributed by atoms with van der Waals surface area (Å²) in [7, 11) is 0. The number of nitrogens with zero attached hydrogens (tertiary/aromatic N) is 2. The van der Waals surface area contributed by atoms with Gasteiger partial charge in [0.05, 0.1) is 0 Å². The van der Waals surface area contributed by atoms with Crippen molar-refractivity contribution in [1.82, 2.24) is 15.1 Å². The second-order valence-electron chi connectivity index (χ2n) is 5.12. The summed E-state index contributed by atoms with van der Waals surface area (Å²) >= 11 is 0. The van der Waals surface area contributed by atoms with E-state index in [9.17, 15) is 4.79 Å². The number of carbonyl (C=O) groups is 1. The first-order chi connectivity index (χ1) is 8.75. The third-order valence-corrected chi connectivity index (χ3v) is 3.87. The number of carbonyl (C=O) groups excluding carboxylic acids is 1. The normalized spacial score (nSPS) is 24.7. The SMILES string of the molecule is NC(=O)/C=C/CN1CCC(N2CCNCC2)CC1. The standard InChI is InChI=1S/C13H24N4O/c14-13(18)2-1-7-16-8-3-12(4-9-16)17-10-5-15-6-11-17/h1-2,12,15H,3-11H2,(H2,14,18)/b2-1+. The van der Waals surface area contributed by atoms with Gasteiger partial charge in [-0.05, 0) is 32.0 Å². The summed E-state index contributed by atoms with van der Waals surface area (Å²) in [6.07, 6.45) is 5.81. The van der Waals surface area contributed by atoms with Crippen molar-refractivity contribution in [3.05, 3.63) is 12.2 Å². The van der Waals surface area contributed by atoms with E-state index in [4.69, 9.17) is 5.73 Å². The zero-order valence-electron chi connectivity index (χ0n) is 11.0. The largest absolute Gasteiger partial charge is 0.366 e. The lowest BCUT2D eigenvalue weighted by atomic mass is 10.0. The monoisotopic (exact) mass is 252 g/mol. The van der Waals surface area contributed by atoms with E-state index >= 15 is 0 Å². The average molecular weight is 252 g/mol. The molecule has 0 aromatic rings. The van der Waals surface area contributed by atoms with Crippen LogP contribution in [0.15, 0.2) is 12.2 Å². The van der Waals surface area contributed by atoms with Crippen LogP contribution in [0.3, 0.4) is 0 Å². The van der Waals surface area contributed by atoms with Crippen LogP contribution in [-0.2, 0) is 4.79 Å². The summed E-state index contributed by atoms with van der Waals surface area (Å²) < 4.78 is 0. The first kappa shape index (κ1) is 13.5. The molecule has 0 aliphatic carbocycles. The zero-order valence-corrected chi connectivity index (χ0v) is 11.0. The van der Waals surface area contributed by atoms with Gasteiger partial charge in [0.2, 0.25) is 5.91 Å². The summed E-state index contributed by atoms with van der Waals surface area (Å²) in [5, 5.41) is 3.40. The lowest BCUT2D eigenvalue weighted by Gasteiger charge is -2.40. The van der Waals surface area contributed by atoms with Crippen molar-refractivity contribution in [3.63, 3.8) is 0 Å². The van der Waals surface area contributed by atoms with Gasteiger partial charge in [0, 0.05) is 38.8 Å². The maximum atomic E-state index is 10.6. The summed E-state index contributed by atoms with van der Waals surface area (Å²) in [5.41, 5.74) is 5.07. The second kappa shape index (κ2) is 6.87. The molecule has 5 heteroatoms. The number of rotatable bonds is 4. The maximum absolute atomic E-state index is 10.6. The van der Waals surface area contributed by atoms with Crippen LogP contribution in [0.4, 0.5) is 0 Å². The highest BCUT2D eigenvalue weighted by atomic mass is 16.1. The van der Waals surface area contributed by atoms with Gasteiger partial charge in [0.1, 0.15) is 0 Å². The number of nitrogens with two attached hydrogens (primary N) is 1. The average Bonchev–Trinajstić information content (AvgIpc) is 2.40. The van der Waals surface area contributed by atoms with Crippen LogP contribution in [0.1, 0.15) is 12.8 Å². The highest BCUT2D eigenvalue weighted by molar-refractivity contribution is 5.85. The Bertz CT molecular complexity index is 291. The van der Waals surface area contributed by atoms with E-state index in [0.717, 1.165) is 38.8 Å². The second-order valence-corrected chi connectivity index (χ2v) is 5.12. The Morgan fingerprint density at radius 2 is 1.89 bits per heavy atom. The molecule has 0 bridgehead atoms. The number of likely N-dealkylation sites (tertiary alicyclic amines) is 1. The van der Waals surface area contributed by atoms with Crippen molar-refractivity contribution in [1.29, 1.82) is 0 Å². The quantitative estimate of drug-likeness (QED) is 0.656. The fourth-order valence-electron chi connectivity index (χ4n) is 2.83. The first-order valence-electron chi connectivity index (χ1n) is 6.89. The van der Waals surface area contributed by atoms with Crippen LogP contribution in [0, 0.1) is 0 Å². The number of hydrogen-bond acceptors (Lipinski definition) is 4. The highest BCUT2D eigenvalue weighted by Gasteiger charge is 2.24. The maximum Gasteiger partial charge on any atom is 0.241 e. The number of hydrogen-bond donors (Lipinski definition) is 2. The van der Waals surface area contributed by atoms with Crippen LogP contribution >= 0.6 is 0 Å². The van der Waals surface area contributed by atoms with Gasteiger partial charge in [-0.15, -0.1) is 0 Å². The molecule has 3 N–H and O–H groups in total. The molecule has 0 saturated carbocycles. The van der Waals surface area contributed by atoms with Crippen LogP contribution in [-0.4, -0.2) is 67.6 Å². The van der Waals surface area contributed by atoms with Crippen molar-refractivity contribution in [3.8, 4) is 0 Å². The van der Waals surface area contributed by atoms with Crippen LogP contribution in [0.25, 0.3) is 0 Å². The molecule has 0 aromatic heterocycles. The van der Waals surface area contributed by atoms with Gasteiger partial charge in [-0.2, -0.15) is 0 Å². The van der Waals surface area contributed by atoms with E-state index in [-0.39, 0.29) is 5.91 Å². The molecule has 2 rings (SSSR count). The van der Waals surface area contributed by atoms with Crippen molar-refractivity contribution in [2.45, 2.75) is 18.9 Å². The molecular formula is C13H24N4O. The van der Waals surface area contributed by atoms with Gasteiger partial charge >= 0.3 is 0 Å². The van der Waals surface area contributed by atoms with Gasteiger partial charge < -0.3 is 11.1 Å². The van der Waals surface area contributed by atoms with Crippen molar-refractivity contribution in [2.75, 3.05) is 45.8 Å². The summed E-state index contributed by atoms with van der Waals surface area (Å²) in [6, 6.07) is 0.753. The van der Waals surface area contributed by atoms with Crippen molar-refractivity contribution < 1.29 is 4.79 Å². The Morgan fingerprint density at radius 1 is 1.22 bits per heavy atom. The van der Waals surface area contributed by atoms with E-state index in [1.165, 1.54) is 32.0 Å². The fraction of sp³-hybridized carbons (Fsp3) is 0.769. The van der Waals surface area contributed by atoms with Gasteiger partial charge in [-0.3, -0.25) is 14.6 Å². The first-order valence-corrected chi connectivity index (χ1v) is 6.89. The number of piperidine rings is 1. The minimum atomic E-state index is -0.356. The van der Waals surface area contributed by atoms with Gasteiger partial charge in [0.25, 0.3) is 0 Å². The van der Waals surface area contributed by atoms with Gasteiger partial charge in [-0.1, -0.05) is 6.08 Å². The molecule has 0 atom stereocenters. The molecule has 1 amide bonds. The molecule has 0 aromatic carbocycles. The Morgan fingerprint density at radius 3 is 2.50 bits per heavy atom. The molecule has 2 aliphatic heterocycles. The minimum absolute atomic E-state index is 0.356. The third-order valence-electron chi connectivity index (χ3n) is 3.87. The molecule has 0 spiro atoms. The topological polar surface area (TPSA) is 61.6 Å². The van der Waals surface area contributed by atoms with Crippen LogP contribution in [0.2, 0.25) is 0 Å². The van der Waals surface area contributed by atoms with Crippen molar-refractivity contribution >= 4 is 5.91 Å². The Labute approximate surface area is 109 Å². The molecule has 2 aliphatic rings. The zero-order chi connectivity index (χ0) is 12.8. The molecule has 5 nitrogen and oxygen atoms in total. The third kappa shape index (κ3) is 4.08. The van der Waals surface area contributed by atoms with E-state index in [1.807, 2.05) is 6.08 Å². The van der Waals surface area contributed by atoms with Crippen LogP contribution < -0.4 is 11.1 Å². The molecule has 0 radical (unpaired) electrons. The summed E-state index contributed by atoms with van der Waals surface area (Å²) in [6.45, 7) is 7.72. The molecule has 0 unspecified atom stereocenters. The highest BCUT2D eigenvalue weighted by Crippen LogP contribution is 2.16. The fourth-order valence-corrected chi connectivity index (χ4v) is 2.83. The summed E-state index contributed by atoms with van der Waals surface area (Å²) in [4.78, 5) is 15.6. The van der Waals surface area contributed by atoms with E-state index < -0.39 is 0 Å². The van der Waals surface area contributed by atoms with Gasteiger partial charge in [0.15, 0.2) is 0 Å². The van der Waals surface area contributed by atoms with E-state index in [0.29, 0.717) is 0 Å². The molecule has 2 fully saturated rings.